The average molecular weight is 345 g/mol. The largest absolute Gasteiger partial charge is 0.489 e. The van der Waals surface area contributed by atoms with Gasteiger partial charge in [0.05, 0.1) is 4.34 Å². The molecule has 0 radical (unpaired) electrons. The van der Waals surface area contributed by atoms with E-state index < -0.39 is 0 Å². The molecule has 0 fully saturated rings. The van der Waals surface area contributed by atoms with Crippen LogP contribution in [0.3, 0.4) is 0 Å². The molecule has 0 spiro atoms. The fourth-order valence-corrected chi connectivity index (χ4v) is 2.84. The van der Waals surface area contributed by atoms with Crippen LogP contribution in [0.1, 0.15) is 16.1 Å². The summed E-state index contributed by atoms with van der Waals surface area (Å²) in [6, 6.07) is 14.3. The third-order valence-corrected chi connectivity index (χ3v) is 4.33. The van der Waals surface area contributed by atoms with Crippen LogP contribution < -0.4 is 10.1 Å². The number of benzene rings is 1. The highest BCUT2D eigenvalue weighted by Gasteiger charge is 2.08. The van der Waals surface area contributed by atoms with Gasteiger partial charge in [0, 0.05) is 23.5 Å². The molecule has 0 aliphatic carbocycles. The molecule has 0 bridgehead atoms. The van der Waals surface area contributed by atoms with E-state index in [2.05, 4.69) is 10.3 Å². The van der Waals surface area contributed by atoms with Gasteiger partial charge in [-0.25, -0.2) is 0 Å². The summed E-state index contributed by atoms with van der Waals surface area (Å²) in [4.78, 5) is 16.1. The maximum Gasteiger partial charge on any atom is 0.274 e. The minimum atomic E-state index is -0.261. The highest BCUT2D eigenvalue weighted by atomic mass is 35.5. The minimum Gasteiger partial charge on any atom is -0.489 e. The molecule has 6 heteroatoms. The van der Waals surface area contributed by atoms with Crippen LogP contribution in [0.2, 0.25) is 4.34 Å². The van der Waals surface area contributed by atoms with Gasteiger partial charge in [0.1, 0.15) is 18.1 Å². The molecule has 0 aliphatic heterocycles. The smallest absolute Gasteiger partial charge is 0.274 e. The summed E-state index contributed by atoms with van der Waals surface area (Å²) < 4.78 is 6.44. The Morgan fingerprint density at radius 3 is 2.87 bits per heavy atom. The highest BCUT2D eigenvalue weighted by Crippen LogP contribution is 2.25. The Hall–Kier alpha value is -2.37. The first kappa shape index (κ1) is 15.5. The van der Waals surface area contributed by atoms with Gasteiger partial charge in [-0.15, -0.1) is 11.3 Å². The number of nitrogens with one attached hydrogen (secondary N) is 1. The van der Waals surface area contributed by atoms with Crippen molar-refractivity contribution in [2.45, 2.75) is 6.61 Å². The predicted octanol–water partition coefficient (Wildman–Crippen LogP) is 4.63. The van der Waals surface area contributed by atoms with Crippen molar-refractivity contribution in [3.63, 3.8) is 0 Å². The molecule has 2 aromatic heterocycles. The van der Waals surface area contributed by atoms with Gasteiger partial charge >= 0.3 is 0 Å². The van der Waals surface area contributed by atoms with E-state index in [1.807, 2.05) is 23.6 Å². The lowest BCUT2D eigenvalue weighted by molar-refractivity contribution is 0.102. The number of carbonyl (C=O) groups excluding carboxylic acids is 1. The van der Waals surface area contributed by atoms with E-state index in [4.69, 9.17) is 16.3 Å². The molecule has 1 aromatic carbocycles. The SMILES string of the molecule is O=C(Nc1cccc(OCc2ccsc2Cl)c1)c1ccccn1. The zero-order valence-electron chi connectivity index (χ0n) is 12.0. The molecule has 0 unspecified atom stereocenters. The molecule has 0 atom stereocenters. The fourth-order valence-electron chi connectivity index (χ4n) is 1.94. The van der Waals surface area contributed by atoms with Crippen LogP contribution in [-0.4, -0.2) is 10.9 Å². The van der Waals surface area contributed by atoms with Gasteiger partial charge in [-0.2, -0.15) is 0 Å². The molecule has 4 nitrogen and oxygen atoms in total. The number of halogens is 1. The molecular formula is C17H13ClN2O2S. The lowest BCUT2D eigenvalue weighted by atomic mass is 10.2. The van der Waals surface area contributed by atoms with E-state index in [0.717, 1.165) is 9.90 Å². The number of hydrogen-bond acceptors (Lipinski definition) is 4. The third-order valence-electron chi connectivity index (χ3n) is 3.08. The topological polar surface area (TPSA) is 51.2 Å². The lowest BCUT2D eigenvalue weighted by Gasteiger charge is -2.09. The Morgan fingerprint density at radius 1 is 1.22 bits per heavy atom. The Kier molecular flexibility index (Phi) is 4.90. The van der Waals surface area contributed by atoms with Crippen LogP contribution in [0, 0.1) is 0 Å². The zero-order valence-corrected chi connectivity index (χ0v) is 13.6. The second-order valence-electron chi connectivity index (χ2n) is 4.71. The van der Waals surface area contributed by atoms with Crippen molar-refractivity contribution in [1.82, 2.24) is 4.98 Å². The molecule has 0 saturated carbocycles. The maximum absolute atomic E-state index is 12.1. The zero-order chi connectivity index (χ0) is 16.1. The summed E-state index contributed by atoms with van der Waals surface area (Å²) in [5.41, 5.74) is 1.96. The fraction of sp³-hybridized carbons (Fsp3) is 0.0588. The van der Waals surface area contributed by atoms with Crippen molar-refractivity contribution in [1.29, 1.82) is 0 Å². The van der Waals surface area contributed by atoms with Crippen LogP contribution in [0.4, 0.5) is 5.69 Å². The van der Waals surface area contributed by atoms with E-state index in [1.165, 1.54) is 11.3 Å². The minimum absolute atomic E-state index is 0.261. The molecule has 2 heterocycles. The van der Waals surface area contributed by atoms with Crippen molar-refractivity contribution in [2.75, 3.05) is 5.32 Å². The number of aromatic nitrogens is 1. The molecule has 116 valence electrons. The first-order chi connectivity index (χ1) is 11.2. The summed E-state index contributed by atoms with van der Waals surface area (Å²) in [6.45, 7) is 0.389. The van der Waals surface area contributed by atoms with Crippen molar-refractivity contribution >= 4 is 34.5 Å². The molecule has 3 aromatic rings. The Bertz CT molecular complexity index is 805. The van der Waals surface area contributed by atoms with Crippen LogP contribution in [0.5, 0.6) is 5.75 Å². The highest BCUT2D eigenvalue weighted by molar-refractivity contribution is 7.14. The number of carbonyl (C=O) groups is 1. The van der Waals surface area contributed by atoms with Gasteiger partial charge in [0.25, 0.3) is 5.91 Å². The van der Waals surface area contributed by atoms with E-state index >= 15 is 0 Å². The number of anilines is 1. The van der Waals surface area contributed by atoms with Gasteiger partial charge in [0.2, 0.25) is 0 Å². The standard InChI is InChI=1S/C17H13ClN2O2S/c18-16-12(7-9-23-16)11-22-14-5-3-4-13(10-14)20-17(21)15-6-1-2-8-19-15/h1-10H,11H2,(H,20,21). The summed E-state index contributed by atoms with van der Waals surface area (Å²) in [7, 11) is 0. The molecule has 23 heavy (non-hydrogen) atoms. The van der Waals surface area contributed by atoms with Crippen molar-refractivity contribution in [2.24, 2.45) is 0 Å². The first-order valence-electron chi connectivity index (χ1n) is 6.89. The number of thiophene rings is 1. The van der Waals surface area contributed by atoms with Crippen molar-refractivity contribution in [3.8, 4) is 5.75 Å². The summed E-state index contributed by atoms with van der Waals surface area (Å²) >= 11 is 7.52. The van der Waals surface area contributed by atoms with E-state index in [-0.39, 0.29) is 5.91 Å². The number of amides is 1. The quantitative estimate of drug-likeness (QED) is 0.734. The number of pyridine rings is 1. The van der Waals surface area contributed by atoms with Crippen molar-refractivity contribution in [3.05, 3.63) is 75.7 Å². The Morgan fingerprint density at radius 2 is 2.13 bits per heavy atom. The van der Waals surface area contributed by atoms with Gasteiger partial charge in [0.15, 0.2) is 0 Å². The number of nitrogens with zero attached hydrogens (tertiary/aromatic N) is 1. The molecule has 1 N–H and O–H groups in total. The van der Waals surface area contributed by atoms with Gasteiger partial charge in [-0.1, -0.05) is 23.7 Å². The van der Waals surface area contributed by atoms with Crippen LogP contribution in [0.15, 0.2) is 60.1 Å². The summed E-state index contributed by atoms with van der Waals surface area (Å²) in [6.07, 6.45) is 1.58. The maximum atomic E-state index is 12.1. The number of ether oxygens (including phenoxy) is 1. The van der Waals surface area contributed by atoms with Crippen LogP contribution in [0.25, 0.3) is 0 Å². The van der Waals surface area contributed by atoms with Gasteiger partial charge in [-0.3, -0.25) is 9.78 Å². The molecule has 0 aliphatic rings. The second-order valence-corrected chi connectivity index (χ2v) is 6.22. The summed E-state index contributed by atoms with van der Waals surface area (Å²) in [5.74, 6) is 0.398. The van der Waals surface area contributed by atoms with E-state index in [1.54, 1.807) is 36.5 Å². The Balaban J connectivity index is 1.65. The lowest BCUT2D eigenvalue weighted by Crippen LogP contribution is -2.13. The van der Waals surface area contributed by atoms with Crippen LogP contribution >= 0.6 is 22.9 Å². The molecule has 3 rings (SSSR count). The third kappa shape index (κ3) is 4.09. The summed E-state index contributed by atoms with van der Waals surface area (Å²) in [5, 5.41) is 4.72. The van der Waals surface area contributed by atoms with E-state index in [9.17, 15) is 4.79 Å². The molecule has 1 amide bonds. The van der Waals surface area contributed by atoms with Crippen molar-refractivity contribution < 1.29 is 9.53 Å². The van der Waals surface area contributed by atoms with E-state index in [0.29, 0.717) is 23.7 Å². The first-order valence-corrected chi connectivity index (χ1v) is 8.15. The van der Waals surface area contributed by atoms with Gasteiger partial charge < -0.3 is 10.1 Å². The average Bonchev–Trinajstić information content (AvgIpc) is 2.99. The van der Waals surface area contributed by atoms with Gasteiger partial charge in [-0.05, 0) is 35.7 Å². The Labute approximate surface area is 142 Å². The monoisotopic (exact) mass is 344 g/mol. The number of hydrogen-bond donors (Lipinski definition) is 1. The molecule has 0 saturated heterocycles. The second kappa shape index (κ2) is 7.26. The predicted molar refractivity (Wildman–Crippen MR) is 92.3 cm³/mol. The number of rotatable bonds is 5. The normalized spacial score (nSPS) is 10.3. The molecular weight excluding hydrogens is 332 g/mol. The van der Waals surface area contributed by atoms with Crippen LogP contribution in [-0.2, 0) is 6.61 Å².